The average molecular weight is 385 g/mol. The van der Waals surface area contributed by atoms with Gasteiger partial charge in [0.05, 0.1) is 18.6 Å². The number of nitrogens with zero attached hydrogens (tertiary/aromatic N) is 1. The van der Waals surface area contributed by atoms with Crippen molar-refractivity contribution in [3.63, 3.8) is 0 Å². The van der Waals surface area contributed by atoms with Crippen molar-refractivity contribution < 1.29 is 23.8 Å². The third-order valence-electron chi connectivity index (χ3n) is 4.66. The molecule has 2 bridgehead atoms. The summed E-state index contributed by atoms with van der Waals surface area (Å²) in [6, 6.07) is 0. The van der Waals surface area contributed by atoms with Crippen molar-refractivity contribution >= 4 is 5.97 Å². The minimum absolute atomic E-state index is 0.0797. The van der Waals surface area contributed by atoms with E-state index in [1.165, 1.54) is 6.26 Å². The molecule has 0 saturated carbocycles. The summed E-state index contributed by atoms with van der Waals surface area (Å²) in [7, 11) is 1.59. The fourth-order valence-electron chi connectivity index (χ4n) is 2.67. The molecule has 2 heterocycles. The standard InChI is InChI=1S/C22H27NO5/c1-5-11-18(24)22(2,3)19-13-10-8-6-7-9-12-16(26-4)14-20-23-17(15-27-20)21(25)28-19/h5-7,9,11-12,15-16,18-19,24H,13-14H2,1-4H3/b7-6-,11-5+,12-9+/t16-,18-,19+/m1/s1. The lowest BCUT2D eigenvalue weighted by Crippen LogP contribution is -2.42. The molecule has 0 amide bonds. The normalized spacial score (nSPS) is 24.4. The van der Waals surface area contributed by atoms with E-state index in [4.69, 9.17) is 13.9 Å². The highest BCUT2D eigenvalue weighted by Crippen LogP contribution is 2.31. The number of ether oxygens (including phenoxy) is 2. The first kappa shape index (κ1) is 21.7. The first-order valence-corrected chi connectivity index (χ1v) is 9.19. The number of aromatic nitrogens is 1. The average Bonchev–Trinajstić information content (AvgIpc) is 3.13. The summed E-state index contributed by atoms with van der Waals surface area (Å²) in [6.45, 7) is 5.49. The number of carbonyl (C=O) groups excluding carboxylic acids is 1. The van der Waals surface area contributed by atoms with Crippen molar-refractivity contribution in [2.75, 3.05) is 7.11 Å². The van der Waals surface area contributed by atoms with Gasteiger partial charge in [0.15, 0.2) is 11.6 Å². The van der Waals surface area contributed by atoms with Gasteiger partial charge in [0.2, 0.25) is 0 Å². The summed E-state index contributed by atoms with van der Waals surface area (Å²) >= 11 is 0. The van der Waals surface area contributed by atoms with Gasteiger partial charge in [0.25, 0.3) is 0 Å². The van der Waals surface area contributed by atoms with Crippen LogP contribution in [0.15, 0.2) is 47.1 Å². The number of hydrogen-bond acceptors (Lipinski definition) is 6. The number of rotatable bonds is 4. The summed E-state index contributed by atoms with van der Waals surface area (Å²) in [6.07, 6.45) is 10.9. The van der Waals surface area contributed by atoms with Crippen molar-refractivity contribution in [1.29, 1.82) is 0 Å². The number of carbonyl (C=O) groups is 1. The van der Waals surface area contributed by atoms with Crippen molar-refractivity contribution in [2.45, 2.75) is 51.9 Å². The second kappa shape index (κ2) is 10.1. The topological polar surface area (TPSA) is 81.8 Å². The fraction of sp³-hybridized carbons (Fsp3) is 0.455. The maximum atomic E-state index is 12.6. The Kier molecular flexibility index (Phi) is 7.80. The van der Waals surface area contributed by atoms with E-state index in [2.05, 4.69) is 16.8 Å². The first-order valence-electron chi connectivity index (χ1n) is 9.19. The van der Waals surface area contributed by atoms with Gasteiger partial charge in [-0.2, -0.15) is 0 Å². The first-order chi connectivity index (χ1) is 13.4. The number of cyclic esters (lactones) is 1. The Morgan fingerprint density at radius 1 is 1.43 bits per heavy atom. The van der Waals surface area contributed by atoms with Gasteiger partial charge in [-0.25, -0.2) is 9.78 Å². The number of aliphatic hydroxyl groups is 1. The minimum Gasteiger partial charge on any atom is -0.456 e. The van der Waals surface area contributed by atoms with Gasteiger partial charge in [0.1, 0.15) is 12.4 Å². The number of oxazole rings is 1. The number of esters is 1. The van der Waals surface area contributed by atoms with Crippen LogP contribution in [0.3, 0.4) is 0 Å². The molecular formula is C22H27NO5. The molecule has 0 radical (unpaired) electrons. The number of allylic oxidation sites excluding steroid dienone is 4. The van der Waals surface area contributed by atoms with E-state index in [0.29, 0.717) is 12.3 Å². The smallest absolute Gasteiger partial charge is 0.360 e. The lowest BCUT2D eigenvalue weighted by atomic mass is 9.79. The molecule has 1 aliphatic rings. The van der Waals surface area contributed by atoms with Crippen LogP contribution in [0.5, 0.6) is 0 Å². The zero-order chi connectivity index (χ0) is 20.6. The molecule has 0 fully saturated rings. The quantitative estimate of drug-likeness (QED) is 0.487. The van der Waals surface area contributed by atoms with Gasteiger partial charge in [-0.05, 0) is 13.0 Å². The Bertz CT molecular complexity index is 806. The Labute approximate surface area is 165 Å². The van der Waals surface area contributed by atoms with E-state index in [1.54, 1.807) is 31.4 Å². The van der Waals surface area contributed by atoms with Crippen LogP contribution in [-0.2, 0) is 15.9 Å². The summed E-state index contributed by atoms with van der Waals surface area (Å²) in [5.74, 6) is 5.69. The van der Waals surface area contributed by atoms with Crippen LogP contribution in [0.1, 0.15) is 43.6 Å². The van der Waals surface area contributed by atoms with Crippen LogP contribution in [0.4, 0.5) is 0 Å². The fourth-order valence-corrected chi connectivity index (χ4v) is 2.67. The molecule has 6 nitrogen and oxygen atoms in total. The number of aliphatic hydroxyl groups excluding tert-OH is 1. The molecule has 1 N–H and O–H groups in total. The Morgan fingerprint density at radius 3 is 2.93 bits per heavy atom. The van der Waals surface area contributed by atoms with Gasteiger partial charge in [-0.15, -0.1) is 0 Å². The monoisotopic (exact) mass is 385 g/mol. The van der Waals surface area contributed by atoms with Crippen LogP contribution in [0.2, 0.25) is 0 Å². The van der Waals surface area contributed by atoms with Crippen LogP contribution in [0, 0.1) is 17.3 Å². The van der Waals surface area contributed by atoms with Gasteiger partial charge < -0.3 is 19.0 Å². The number of fused-ring (bicyclic) bond motifs is 2. The zero-order valence-electron chi connectivity index (χ0n) is 16.7. The largest absolute Gasteiger partial charge is 0.456 e. The Morgan fingerprint density at radius 2 is 2.21 bits per heavy atom. The molecule has 0 aliphatic carbocycles. The van der Waals surface area contributed by atoms with Crippen LogP contribution >= 0.6 is 0 Å². The predicted molar refractivity (Wildman–Crippen MR) is 105 cm³/mol. The maximum Gasteiger partial charge on any atom is 0.360 e. The highest BCUT2D eigenvalue weighted by atomic mass is 16.5. The zero-order valence-corrected chi connectivity index (χ0v) is 16.7. The molecule has 28 heavy (non-hydrogen) atoms. The molecule has 0 aromatic carbocycles. The highest BCUT2D eigenvalue weighted by Gasteiger charge is 2.38. The van der Waals surface area contributed by atoms with E-state index in [-0.39, 0.29) is 18.2 Å². The van der Waals surface area contributed by atoms with Gasteiger partial charge in [0, 0.05) is 18.9 Å². The Balaban J connectivity index is 2.34. The van der Waals surface area contributed by atoms with E-state index in [0.717, 1.165) is 0 Å². The molecule has 6 heteroatoms. The lowest BCUT2D eigenvalue weighted by molar-refractivity contribution is -0.0447. The van der Waals surface area contributed by atoms with E-state index >= 15 is 0 Å². The van der Waals surface area contributed by atoms with E-state index < -0.39 is 23.6 Å². The molecule has 0 spiro atoms. The van der Waals surface area contributed by atoms with Crippen LogP contribution in [-0.4, -0.2) is 41.5 Å². The maximum absolute atomic E-state index is 12.6. The molecule has 1 aromatic heterocycles. The summed E-state index contributed by atoms with van der Waals surface area (Å²) in [4.78, 5) is 16.8. The number of hydrogen-bond donors (Lipinski definition) is 1. The van der Waals surface area contributed by atoms with Crippen molar-refractivity contribution in [1.82, 2.24) is 4.98 Å². The SMILES string of the molecule is C/C=C/[C@@H](O)C(C)(C)[C@@H]1CC#C/C=C\C=C\[C@@H](OC)Cc2nc(co2)C(=O)O1. The van der Waals surface area contributed by atoms with Crippen molar-refractivity contribution in [3.05, 3.63) is 54.3 Å². The summed E-state index contributed by atoms with van der Waals surface area (Å²) in [5, 5.41) is 10.5. The molecule has 150 valence electrons. The molecule has 1 aliphatic heterocycles. The van der Waals surface area contributed by atoms with Crippen molar-refractivity contribution in [3.8, 4) is 11.8 Å². The van der Waals surface area contributed by atoms with Gasteiger partial charge in [-0.3, -0.25) is 0 Å². The minimum atomic E-state index is -0.798. The van der Waals surface area contributed by atoms with Gasteiger partial charge >= 0.3 is 5.97 Å². The Hall–Kier alpha value is -2.62. The summed E-state index contributed by atoms with van der Waals surface area (Å²) in [5.41, 5.74) is -0.668. The third-order valence-corrected chi connectivity index (χ3v) is 4.66. The molecule has 0 unspecified atom stereocenters. The highest BCUT2D eigenvalue weighted by molar-refractivity contribution is 5.87. The molecule has 0 saturated heterocycles. The van der Waals surface area contributed by atoms with Crippen LogP contribution in [0.25, 0.3) is 0 Å². The van der Waals surface area contributed by atoms with Gasteiger partial charge in [-0.1, -0.05) is 56.1 Å². The second-order valence-electron chi connectivity index (χ2n) is 7.06. The molecule has 1 aromatic rings. The molecular weight excluding hydrogens is 358 g/mol. The van der Waals surface area contributed by atoms with E-state index in [9.17, 15) is 9.90 Å². The predicted octanol–water partition coefficient (Wildman–Crippen LogP) is 3.24. The summed E-state index contributed by atoms with van der Waals surface area (Å²) < 4.78 is 16.4. The lowest BCUT2D eigenvalue weighted by Gasteiger charge is -2.35. The number of methoxy groups -OCH3 is 1. The van der Waals surface area contributed by atoms with E-state index in [1.807, 2.05) is 32.9 Å². The molecule has 3 atom stereocenters. The van der Waals surface area contributed by atoms with Crippen LogP contribution < -0.4 is 0 Å². The molecule has 2 rings (SSSR count). The second-order valence-corrected chi connectivity index (χ2v) is 7.06. The third kappa shape index (κ3) is 5.69. The van der Waals surface area contributed by atoms with Crippen molar-refractivity contribution in [2.24, 2.45) is 5.41 Å².